The summed E-state index contributed by atoms with van der Waals surface area (Å²) in [7, 11) is -4.58. The third-order valence-electron chi connectivity index (χ3n) is 1.02. The van der Waals surface area contributed by atoms with Crippen molar-refractivity contribution in [2.24, 2.45) is 0 Å². The second-order valence-corrected chi connectivity index (χ2v) is 4.21. The fourth-order valence-corrected chi connectivity index (χ4v) is 1.39. The Kier molecular flexibility index (Phi) is 5.68. The molecule has 13 heavy (non-hydrogen) atoms. The minimum Gasteiger partial charge on any atom is -0.406 e. The lowest BCUT2D eigenvalue weighted by Crippen LogP contribution is -1.91. The van der Waals surface area contributed by atoms with Crippen molar-refractivity contribution in [3.05, 3.63) is 22.9 Å². The first kappa shape index (κ1) is 13.0. The summed E-state index contributed by atoms with van der Waals surface area (Å²) < 4.78 is 14.4. The minimum atomic E-state index is -4.58. The van der Waals surface area contributed by atoms with E-state index in [9.17, 15) is 4.57 Å². The number of phosphoric acid groups is 1. The molecule has 4 nitrogen and oxygen atoms in total. The molecule has 0 aliphatic heterocycles. The van der Waals surface area contributed by atoms with E-state index >= 15 is 0 Å². The molecule has 0 rings (SSSR count). The van der Waals surface area contributed by atoms with E-state index in [1.165, 1.54) is 0 Å². The largest absolute Gasteiger partial charge is 0.524 e. The summed E-state index contributed by atoms with van der Waals surface area (Å²) in [6, 6.07) is 0. The molecule has 7 heteroatoms. The third-order valence-corrected chi connectivity index (χ3v) is 1.90. The molecule has 0 heterocycles. The molecule has 0 saturated heterocycles. The number of hydrogen-bond acceptors (Lipinski definition) is 2. The highest BCUT2D eigenvalue weighted by Gasteiger charge is 2.19. The van der Waals surface area contributed by atoms with Gasteiger partial charge < -0.3 is 4.52 Å². The average molecular weight is 247 g/mol. The molecule has 0 atom stereocenters. The van der Waals surface area contributed by atoms with Crippen LogP contribution in [0.25, 0.3) is 0 Å². The maximum atomic E-state index is 10.4. The summed E-state index contributed by atoms with van der Waals surface area (Å²) in [6.45, 7) is 3.43. The van der Waals surface area contributed by atoms with Gasteiger partial charge in [0.1, 0.15) is 10.3 Å². The Morgan fingerprint density at radius 2 is 2.08 bits per heavy atom. The first-order valence-corrected chi connectivity index (χ1v) is 5.55. The molecule has 2 N–H and O–H groups in total. The van der Waals surface area contributed by atoms with E-state index in [0.29, 0.717) is 6.42 Å². The van der Waals surface area contributed by atoms with Gasteiger partial charge in [-0.15, -0.1) is 6.58 Å². The molecule has 0 aromatic rings. The third kappa shape index (κ3) is 7.11. The van der Waals surface area contributed by atoms with Crippen molar-refractivity contribution in [1.29, 1.82) is 0 Å². The van der Waals surface area contributed by atoms with Gasteiger partial charge >= 0.3 is 7.82 Å². The summed E-state index contributed by atoms with van der Waals surface area (Å²) in [5.41, 5.74) is 0. The molecule has 0 aliphatic carbocycles. The molecule has 0 aromatic heterocycles. The van der Waals surface area contributed by atoms with Crippen molar-refractivity contribution in [2.75, 3.05) is 0 Å². The van der Waals surface area contributed by atoms with Crippen LogP contribution in [0, 0.1) is 0 Å². The van der Waals surface area contributed by atoms with Crippen LogP contribution >= 0.6 is 31.0 Å². The minimum absolute atomic E-state index is 0.128. The molecule has 76 valence electrons. The number of phosphoric ester groups is 1. The number of hydrogen-bond donors (Lipinski definition) is 2. The zero-order valence-electron chi connectivity index (χ0n) is 6.61. The van der Waals surface area contributed by atoms with Crippen molar-refractivity contribution in [3.8, 4) is 0 Å². The van der Waals surface area contributed by atoms with Gasteiger partial charge in [0.15, 0.2) is 0 Å². The summed E-state index contributed by atoms with van der Waals surface area (Å²) in [4.78, 5) is 16.9. The molecular formula is C6H9Cl2O4P. The fourth-order valence-electron chi connectivity index (χ4n) is 0.551. The van der Waals surface area contributed by atoms with Crippen LogP contribution in [0.2, 0.25) is 0 Å². The Bertz CT molecular complexity index is 253. The Morgan fingerprint density at radius 1 is 1.54 bits per heavy atom. The zero-order chi connectivity index (χ0) is 10.5. The van der Waals surface area contributed by atoms with Crippen molar-refractivity contribution < 1.29 is 18.9 Å². The highest BCUT2D eigenvalue weighted by molar-refractivity contribution is 7.46. The highest BCUT2D eigenvalue weighted by Crippen LogP contribution is 2.41. The molecule has 0 saturated carbocycles. The van der Waals surface area contributed by atoms with E-state index in [4.69, 9.17) is 33.0 Å². The SMILES string of the molecule is C=CCCC(OP(=O)(O)O)=C(Cl)Cl. The van der Waals surface area contributed by atoms with Crippen LogP contribution in [0.3, 0.4) is 0 Å². The zero-order valence-corrected chi connectivity index (χ0v) is 9.02. The lowest BCUT2D eigenvalue weighted by Gasteiger charge is -2.09. The number of rotatable bonds is 5. The summed E-state index contributed by atoms with van der Waals surface area (Å²) in [5.74, 6) is -0.128. The predicted molar refractivity (Wildman–Crippen MR) is 51.3 cm³/mol. The van der Waals surface area contributed by atoms with Crippen LogP contribution in [-0.4, -0.2) is 9.79 Å². The molecule has 0 amide bonds. The maximum absolute atomic E-state index is 10.4. The normalized spacial score (nSPS) is 10.8. The van der Waals surface area contributed by atoms with Crippen LogP contribution in [0.1, 0.15) is 12.8 Å². The van der Waals surface area contributed by atoms with E-state index in [2.05, 4.69) is 11.1 Å². The van der Waals surface area contributed by atoms with E-state index in [1.54, 1.807) is 6.08 Å². The monoisotopic (exact) mass is 246 g/mol. The van der Waals surface area contributed by atoms with Crippen LogP contribution in [0.15, 0.2) is 22.9 Å². The molecule has 0 aromatic carbocycles. The standard InChI is InChI=1S/C6H9Cl2O4P/c1-2-3-4-5(6(7)8)12-13(9,10)11/h2H,1,3-4H2,(H2,9,10,11). The van der Waals surface area contributed by atoms with Gasteiger partial charge in [0.25, 0.3) is 0 Å². The van der Waals surface area contributed by atoms with Crippen molar-refractivity contribution in [1.82, 2.24) is 0 Å². The van der Waals surface area contributed by atoms with E-state index in [0.717, 1.165) is 0 Å². The number of allylic oxidation sites excluding steroid dienone is 2. The molecule has 0 bridgehead atoms. The first-order valence-electron chi connectivity index (χ1n) is 3.27. The van der Waals surface area contributed by atoms with Crippen molar-refractivity contribution >= 4 is 31.0 Å². The summed E-state index contributed by atoms with van der Waals surface area (Å²) in [6.07, 6.45) is 2.23. The molecule has 0 aliphatic rings. The van der Waals surface area contributed by atoms with E-state index in [-0.39, 0.29) is 16.7 Å². The van der Waals surface area contributed by atoms with Crippen molar-refractivity contribution in [3.63, 3.8) is 0 Å². The average Bonchev–Trinajstić information content (AvgIpc) is 1.95. The van der Waals surface area contributed by atoms with E-state index < -0.39 is 7.82 Å². The van der Waals surface area contributed by atoms with Gasteiger partial charge in [0.2, 0.25) is 0 Å². The highest BCUT2D eigenvalue weighted by atomic mass is 35.5. The van der Waals surface area contributed by atoms with Crippen LogP contribution in [0.5, 0.6) is 0 Å². The van der Waals surface area contributed by atoms with Crippen LogP contribution < -0.4 is 0 Å². The van der Waals surface area contributed by atoms with Gasteiger partial charge in [0.05, 0.1) is 0 Å². The van der Waals surface area contributed by atoms with Gasteiger partial charge in [-0.2, -0.15) is 0 Å². The fraction of sp³-hybridized carbons (Fsp3) is 0.333. The maximum Gasteiger partial charge on any atom is 0.524 e. The Hall–Kier alpha value is 0.01000. The van der Waals surface area contributed by atoms with Gasteiger partial charge in [0, 0.05) is 6.42 Å². The molecule has 0 spiro atoms. The van der Waals surface area contributed by atoms with Crippen LogP contribution in [0.4, 0.5) is 0 Å². The van der Waals surface area contributed by atoms with Crippen molar-refractivity contribution in [2.45, 2.75) is 12.8 Å². The summed E-state index contributed by atoms with van der Waals surface area (Å²) >= 11 is 10.7. The summed E-state index contributed by atoms with van der Waals surface area (Å²) in [5, 5.41) is 0. The van der Waals surface area contributed by atoms with Gasteiger partial charge in [-0.05, 0) is 6.42 Å². The van der Waals surface area contributed by atoms with Gasteiger partial charge in [-0.1, -0.05) is 29.3 Å². The topological polar surface area (TPSA) is 66.8 Å². The van der Waals surface area contributed by atoms with E-state index in [1.807, 2.05) is 0 Å². The Balaban J connectivity index is 4.38. The quantitative estimate of drug-likeness (QED) is 0.445. The first-order chi connectivity index (χ1) is 5.87. The molecule has 0 radical (unpaired) electrons. The lowest BCUT2D eigenvalue weighted by atomic mass is 10.3. The lowest BCUT2D eigenvalue weighted by molar-refractivity contribution is 0.237. The second-order valence-electron chi connectivity index (χ2n) is 2.09. The predicted octanol–water partition coefficient (Wildman–Crippen LogP) is 2.71. The van der Waals surface area contributed by atoms with Gasteiger partial charge in [-0.25, -0.2) is 4.57 Å². The second kappa shape index (κ2) is 5.68. The molecule has 0 fully saturated rings. The van der Waals surface area contributed by atoms with Crippen LogP contribution in [-0.2, 0) is 9.09 Å². The molecular weight excluding hydrogens is 238 g/mol. The number of halogens is 2. The smallest absolute Gasteiger partial charge is 0.406 e. The Labute approximate surface area is 86.0 Å². The molecule has 0 unspecified atom stereocenters. The van der Waals surface area contributed by atoms with Gasteiger partial charge in [-0.3, -0.25) is 9.79 Å². The Morgan fingerprint density at radius 3 is 2.38 bits per heavy atom.